The summed E-state index contributed by atoms with van der Waals surface area (Å²) in [5.74, 6) is 1.33. The van der Waals surface area contributed by atoms with Crippen LogP contribution in [0.4, 0.5) is 17.5 Å². The van der Waals surface area contributed by atoms with E-state index in [0.29, 0.717) is 29.1 Å². The molecule has 38 heavy (non-hydrogen) atoms. The van der Waals surface area contributed by atoms with Crippen LogP contribution in [0.25, 0.3) is 0 Å². The van der Waals surface area contributed by atoms with Crippen LogP contribution in [-0.2, 0) is 22.4 Å². The maximum Gasteiger partial charge on any atom is 0.236 e. The third kappa shape index (κ3) is 5.28. The molecule has 0 saturated heterocycles. The average Bonchev–Trinajstić information content (AvgIpc) is 3.44. The van der Waals surface area contributed by atoms with E-state index in [-0.39, 0.29) is 35.6 Å². The number of nitrogens with two attached hydrogens (primary N) is 1. The molecule has 5 rings (SSSR count). The Bertz CT molecular complexity index is 1270. The highest BCUT2D eigenvalue weighted by Crippen LogP contribution is 2.45. The second kappa shape index (κ2) is 10.8. The van der Waals surface area contributed by atoms with Gasteiger partial charge in [0.2, 0.25) is 17.8 Å². The molecule has 4 atom stereocenters. The second-order valence-corrected chi connectivity index (χ2v) is 10.9. The fourth-order valence-electron chi connectivity index (χ4n) is 5.77. The Morgan fingerprint density at radius 1 is 1.18 bits per heavy atom. The first-order valence-electron chi connectivity index (χ1n) is 12.9. The lowest BCUT2D eigenvalue weighted by molar-refractivity contribution is -0.129. The summed E-state index contributed by atoms with van der Waals surface area (Å²) in [6, 6.07) is 3.95. The average molecular weight is 540 g/mol. The van der Waals surface area contributed by atoms with Crippen molar-refractivity contribution >= 4 is 40.9 Å². The number of fused-ring (bicyclic) bond motifs is 3. The number of amides is 2. The van der Waals surface area contributed by atoms with Crippen LogP contribution in [0.1, 0.15) is 17.5 Å². The molecule has 2 amide bonds. The zero-order valence-electron chi connectivity index (χ0n) is 21.9. The van der Waals surface area contributed by atoms with Gasteiger partial charge in [0.25, 0.3) is 0 Å². The number of carbonyl (C=O) groups excluding carboxylic acids is 2. The van der Waals surface area contributed by atoms with Gasteiger partial charge in [-0.25, -0.2) is 4.98 Å². The summed E-state index contributed by atoms with van der Waals surface area (Å²) in [6.45, 7) is 2.01. The van der Waals surface area contributed by atoms with Gasteiger partial charge >= 0.3 is 0 Å². The maximum atomic E-state index is 12.2. The van der Waals surface area contributed by atoms with E-state index in [4.69, 9.17) is 22.1 Å². The van der Waals surface area contributed by atoms with E-state index >= 15 is 0 Å². The molecule has 2 aromatic rings. The molecule has 2 bridgehead atoms. The highest BCUT2D eigenvalue weighted by Gasteiger charge is 2.47. The van der Waals surface area contributed by atoms with Crippen LogP contribution >= 0.6 is 11.6 Å². The van der Waals surface area contributed by atoms with Crippen molar-refractivity contribution in [1.82, 2.24) is 19.8 Å². The summed E-state index contributed by atoms with van der Waals surface area (Å²) in [4.78, 5) is 37.1. The van der Waals surface area contributed by atoms with Crippen molar-refractivity contribution in [3.63, 3.8) is 0 Å². The number of methoxy groups -OCH3 is 1. The van der Waals surface area contributed by atoms with E-state index in [2.05, 4.69) is 43.7 Å². The quantitative estimate of drug-likeness (QED) is 0.437. The van der Waals surface area contributed by atoms with Gasteiger partial charge in [-0.2, -0.15) is 4.98 Å². The van der Waals surface area contributed by atoms with Gasteiger partial charge in [-0.1, -0.05) is 23.8 Å². The van der Waals surface area contributed by atoms with E-state index in [0.717, 1.165) is 38.0 Å². The first-order valence-corrected chi connectivity index (χ1v) is 13.3. The smallest absolute Gasteiger partial charge is 0.236 e. The number of anilines is 3. The number of primary amides is 1. The molecule has 202 valence electrons. The fourth-order valence-corrected chi connectivity index (χ4v) is 5.92. The van der Waals surface area contributed by atoms with Gasteiger partial charge in [0.05, 0.1) is 31.5 Å². The van der Waals surface area contributed by atoms with Crippen molar-refractivity contribution in [2.45, 2.75) is 25.3 Å². The van der Waals surface area contributed by atoms with Crippen LogP contribution in [0.2, 0.25) is 5.02 Å². The summed E-state index contributed by atoms with van der Waals surface area (Å²) in [5.41, 5.74) is 8.86. The van der Waals surface area contributed by atoms with Crippen LogP contribution in [-0.4, -0.2) is 78.5 Å². The number of rotatable bonds is 8. The van der Waals surface area contributed by atoms with E-state index in [1.165, 1.54) is 17.3 Å². The van der Waals surface area contributed by atoms with Crippen LogP contribution in [0, 0.1) is 17.8 Å². The minimum absolute atomic E-state index is 0.101. The Labute approximate surface area is 227 Å². The molecule has 2 heterocycles. The maximum absolute atomic E-state index is 12.2. The molecule has 1 saturated carbocycles. The van der Waals surface area contributed by atoms with Crippen LogP contribution in [0.5, 0.6) is 5.75 Å². The predicted molar refractivity (Wildman–Crippen MR) is 147 cm³/mol. The normalized spacial score (nSPS) is 24.0. The number of nitrogens with one attached hydrogen (secondary N) is 2. The molecule has 1 fully saturated rings. The Morgan fingerprint density at radius 3 is 2.58 bits per heavy atom. The number of nitrogens with zero attached hydrogens (tertiary/aromatic N) is 4. The number of allylic oxidation sites excluding steroid dienone is 1. The highest BCUT2D eigenvalue weighted by molar-refractivity contribution is 6.32. The molecule has 11 heteroatoms. The molecular weight excluding hydrogens is 506 g/mol. The predicted octanol–water partition coefficient (Wildman–Crippen LogP) is 2.46. The minimum Gasteiger partial charge on any atom is -0.495 e. The third-order valence-corrected chi connectivity index (χ3v) is 8.13. The molecule has 1 aliphatic heterocycles. The summed E-state index contributed by atoms with van der Waals surface area (Å²) in [5, 5.41) is 7.02. The van der Waals surface area contributed by atoms with Crippen molar-refractivity contribution in [2.75, 3.05) is 51.5 Å². The van der Waals surface area contributed by atoms with Crippen molar-refractivity contribution in [1.29, 1.82) is 0 Å². The standard InChI is InChI=1S/C27H34ClN7O3/c1-34(2)22(36)14-35-8-6-15-11-20(21(38-3)12-16(15)7-9-35)31-27-30-13-19(28)26(33-27)32-24-18-5-4-17(10-18)23(24)25(29)37/h4-5,11-13,17-18,23-24H,6-10,14H2,1-3H3,(H2,29,37)(H2,30,31,32,33)/t17-,18+,23+,24-/m0/s1. The van der Waals surface area contributed by atoms with Gasteiger partial charge in [-0.3, -0.25) is 14.5 Å². The number of halogens is 1. The lowest BCUT2D eigenvalue weighted by Gasteiger charge is -2.27. The second-order valence-electron chi connectivity index (χ2n) is 10.4. The third-order valence-electron chi connectivity index (χ3n) is 7.86. The zero-order valence-corrected chi connectivity index (χ0v) is 22.7. The van der Waals surface area contributed by atoms with E-state index in [1.807, 2.05) is 6.07 Å². The molecule has 1 aromatic heterocycles. The Morgan fingerprint density at radius 2 is 1.89 bits per heavy atom. The van der Waals surface area contributed by atoms with Gasteiger partial charge in [0.1, 0.15) is 10.8 Å². The van der Waals surface area contributed by atoms with Crippen LogP contribution < -0.4 is 21.1 Å². The number of aromatic nitrogens is 2. The number of benzene rings is 1. The van der Waals surface area contributed by atoms with Gasteiger partial charge in [0.15, 0.2) is 5.82 Å². The Hall–Kier alpha value is -3.37. The summed E-state index contributed by atoms with van der Waals surface area (Å²) in [6.07, 6.45) is 8.29. The SMILES string of the molecule is COc1cc2c(cc1Nc1ncc(Cl)c(N[C@@H]3[C@H](C(N)=O)[C@H]4C=C[C@@H]3C4)n1)CCN(CC(=O)N(C)C)CC2. The van der Waals surface area contributed by atoms with E-state index in [1.54, 1.807) is 26.1 Å². The fraction of sp³-hybridized carbons (Fsp3) is 0.481. The molecule has 0 radical (unpaired) electrons. The van der Waals surface area contributed by atoms with E-state index < -0.39 is 0 Å². The lowest BCUT2D eigenvalue weighted by Crippen LogP contribution is -2.41. The molecule has 4 N–H and O–H groups in total. The molecule has 1 aromatic carbocycles. The molecule has 0 unspecified atom stereocenters. The van der Waals surface area contributed by atoms with Gasteiger partial charge in [-0.05, 0) is 54.4 Å². The largest absolute Gasteiger partial charge is 0.495 e. The van der Waals surface area contributed by atoms with E-state index in [9.17, 15) is 9.59 Å². The molecule has 0 spiro atoms. The number of hydrogen-bond acceptors (Lipinski definition) is 8. The molecular formula is C27H34ClN7O3. The monoisotopic (exact) mass is 539 g/mol. The van der Waals surface area contributed by atoms with Crippen molar-refractivity contribution in [3.05, 3.63) is 46.6 Å². The first-order chi connectivity index (χ1) is 18.2. The van der Waals surface area contributed by atoms with Gasteiger partial charge < -0.3 is 26.0 Å². The van der Waals surface area contributed by atoms with Crippen molar-refractivity contribution in [2.24, 2.45) is 23.5 Å². The summed E-state index contributed by atoms with van der Waals surface area (Å²) in [7, 11) is 5.19. The topological polar surface area (TPSA) is 126 Å². The molecule has 3 aliphatic rings. The van der Waals surface area contributed by atoms with Crippen molar-refractivity contribution < 1.29 is 14.3 Å². The number of hydrogen-bond donors (Lipinski definition) is 3. The highest BCUT2D eigenvalue weighted by atomic mass is 35.5. The Balaban J connectivity index is 1.34. The van der Waals surface area contributed by atoms with Gasteiger partial charge in [0, 0.05) is 33.2 Å². The Kier molecular flexibility index (Phi) is 7.45. The number of carbonyl (C=O) groups is 2. The van der Waals surface area contributed by atoms with Crippen molar-refractivity contribution in [3.8, 4) is 5.75 Å². The lowest BCUT2D eigenvalue weighted by atomic mass is 9.88. The van der Waals surface area contributed by atoms with Crippen LogP contribution in [0.15, 0.2) is 30.5 Å². The summed E-state index contributed by atoms with van der Waals surface area (Å²) >= 11 is 6.44. The molecule has 10 nitrogen and oxygen atoms in total. The zero-order chi connectivity index (χ0) is 27.0. The number of likely N-dealkylation sites (N-methyl/N-ethyl adjacent to an activating group) is 1. The molecule has 2 aliphatic carbocycles. The minimum atomic E-state index is -0.317. The first kappa shape index (κ1) is 26.2. The van der Waals surface area contributed by atoms with Crippen LogP contribution in [0.3, 0.4) is 0 Å². The van der Waals surface area contributed by atoms with Gasteiger partial charge in [-0.15, -0.1) is 0 Å². The summed E-state index contributed by atoms with van der Waals surface area (Å²) < 4.78 is 5.69. The number of ether oxygens (including phenoxy) is 1.